The quantitative estimate of drug-likeness (QED) is 0.325. The van der Waals surface area contributed by atoms with Crippen molar-refractivity contribution < 1.29 is 19.5 Å². The minimum atomic E-state index is -1.10. The molecule has 0 aromatic heterocycles. The first-order valence-electron chi connectivity index (χ1n) is 9.21. The van der Waals surface area contributed by atoms with E-state index >= 15 is 0 Å². The van der Waals surface area contributed by atoms with Gasteiger partial charge in [0.15, 0.2) is 0 Å². The molecule has 0 aliphatic heterocycles. The van der Waals surface area contributed by atoms with Gasteiger partial charge in [-0.15, -0.1) is 0 Å². The minimum absolute atomic E-state index is 0. The van der Waals surface area contributed by atoms with Crippen LogP contribution >= 0.6 is 0 Å². The van der Waals surface area contributed by atoms with Gasteiger partial charge in [0.1, 0.15) is 12.1 Å². The molecule has 2 atom stereocenters. The number of rotatable bonds is 14. The zero-order valence-corrected chi connectivity index (χ0v) is 15.4. The number of amides is 2. The maximum absolute atomic E-state index is 11.8. The van der Waals surface area contributed by atoms with Gasteiger partial charge in [0, 0.05) is 6.42 Å². The van der Waals surface area contributed by atoms with Gasteiger partial charge in [-0.2, -0.15) is 0 Å². The number of aliphatic carboxylic acids is 1. The number of nitrogens with one attached hydrogen (secondary N) is 2. The number of carboxylic acid groups (broad SMARTS) is 1. The Morgan fingerprint density at radius 3 is 1.76 bits per heavy atom. The van der Waals surface area contributed by atoms with E-state index in [4.69, 9.17) is 5.11 Å². The number of hydrogen-bond donors (Lipinski definition) is 3. The van der Waals surface area contributed by atoms with E-state index in [0.29, 0.717) is 6.42 Å². The Morgan fingerprint density at radius 2 is 1.28 bits per heavy atom. The van der Waals surface area contributed by atoms with E-state index in [9.17, 15) is 14.4 Å². The van der Waals surface area contributed by atoms with Crippen molar-refractivity contribution in [2.45, 2.75) is 97.1 Å². The summed E-state index contributed by atoms with van der Waals surface area (Å²) in [7, 11) is 0. The van der Waals surface area contributed by atoms with E-state index in [2.05, 4.69) is 17.6 Å². The van der Waals surface area contributed by atoms with Crippen LogP contribution in [0, 0.1) is 0 Å². The summed E-state index contributed by atoms with van der Waals surface area (Å²) in [5, 5.41) is 13.7. The van der Waals surface area contributed by atoms with Crippen molar-refractivity contribution in [2.24, 2.45) is 0 Å². The molecule has 0 radical (unpaired) electrons. The summed E-state index contributed by atoms with van der Waals surface area (Å²) in [6.45, 7) is 5.15. The van der Waals surface area contributed by atoms with Crippen LogP contribution in [0.3, 0.4) is 0 Å². The van der Waals surface area contributed by atoms with Gasteiger partial charge < -0.3 is 15.7 Å². The zero-order valence-electron chi connectivity index (χ0n) is 15.4. The van der Waals surface area contributed by atoms with Crippen molar-refractivity contribution in [2.75, 3.05) is 0 Å². The van der Waals surface area contributed by atoms with E-state index in [0.717, 1.165) is 19.3 Å². The molecular formula is C18H35N2NaO4. The van der Waals surface area contributed by atoms with Crippen LogP contribution in [-0.4, -0.2) is 64.5 Å². The first-order valence-corrected chi connectivity index (χ1v) is 9.21. The Kier molecular flexibility index (Phi) is 18.0. The Labute approximate surface area is 174 Å². The number of carboxylic acids is 1. The molecule has 0 unspecified atom stereocenters. The van der Waals surface area contributed by atoms with E-state index in [1.807, 2.05) is 0 Å². The molecule has 3 N–H and O–H groups in total. The van der Waals surface area contributed by atoms with Gasteiger partial charge >= 0.3 is 35.5 Å². The van der Waals surface area contributed by atoms with Gasteiger partial charge in [-0.3, -0.25) is 14.4 Å². The molecular weight excluding hydrogens is 331 g/mol. The summed E-state index contributed by atoms with van der Waals surface area (Å²) < 4.78 is 0. The fraction of sp³-hybridized carbons (Fsp3) is 0.833. The number of unbranched alkanes of at least 4 members (excludes halogenated alkanes) is 8. The van der Waals surface area contributed by atoms with Gasteiger partial charge in [-0.25, -0.2) is 0 Å². The maximum atomic E-state index is 11.8. The van der Waals surface area contributed by atoms with Gasteiger partial charge in [0.2, 0.25) is 11.8 Å². The summed E-state index contributed by atoms with van der Waals surface area (Å²) in [6.07, 6.45) is 11.1. The topological polar surface area (TPSA) is 95.5 Å². The molecule has 6 nitrogen and oxygen atoms in total. The van der Waals surface area contributed by atoms with Crippen molar-refractivity contribution >= 4 is 47.3 Å². The fourth-order valence-corrected chi connectivity index (χ4v) is 2.38. The molecule has 0 aromatic carbocycles. The third kappa shape index (κ3) is 15.4. The monoisotopic (exact) mass is 366 g/mol. The molecule has 0 heterocycles. The molecule has 0 aliphatic rings. The van der Waals surface area contributed by atoms with Crippen LogP contribution in [0.15, 0.2) is 0 Å². The fourth-order valence-electron chi connectivity index (χ4n) is 2.38. The van der Waals surface area contributed by atoms with Crippen LogP contribution < -0.4 is 10.6 Å². The molecule has 0 aromatic rings. The Hall–Kier alpha value is -0.590. The third-order valence-electron chi connectivity index (χ3n) is 4.01. The Morgan fingerprint density at radius 1 is 0.800 bits per heavy atom. The molecule has 0 fully saturated rings. The molecule has 2 amide bonds. The SMILES string of the molecule is CCCCCCCCCCCC(=O)N[C@@H](C)C(=O)N[C@@H](C)C(=O)O.[NaH]. The van der Waals surface area contributed by atoms with Gasteiger partial charge in [0.25, 0.3) is 0 Å². The van der Waals surface area contributed by atoms with Crippen molar-refractivity contribution in [3.8, 4) is 0 Å². The number of hydrogen-bond acceptors (Lipinski definition) is 3. The van der Waals surface area contributed by atoms with Crippen LogP contribution in [0.2, 0.25) is 0 Å². The second kappa shape index (κ2) is 16.9. The van der Waals surface area contributed by atoms with E-state index in [-0.39, 0.29) is 35.5 Å². The summed E-state index contributed by atoms with van der Waals surface area (Å²) in [6, 6.07) is -1.69. The van der Waals surface area contributed by atoms with E-state index in [1.165, 1.54) is 45.4 Å². The van der Waals surface area contributed by atoms with E-state index in [1.54, 1.807) is 6.92 Å². The molecule has 0 spiro atoms. The van der Waals surface area contributed by atoms with Crippen molar-refractivity contribution in [3.63, 3.8) is 0 Å². The second-order valence-electron chi connectivity index (χ2n) is 6.44. The first kappa shape index (κ1) is 26.6. The van der Waals surface area contributed by atoms with Crippen LogP contribution in [0.25, 0.3) is 0 Å². The zero-order chi connectivity index (χ0) is 18.4. The van der Waals surface area contributed by atoms with Gasteiger partial charge in [-0.1, -0.05) is 58.3 Å². The van der Waals surface area contributed by atoms with Crippen molar-refractivity contribution in [1.29, 1.82) is 0 Å². The normalized spacial score (nSPS) is 12.6. The first-order chi connectivity index (χ1) is 11.4. The predicted octanol–water partition coefficient (Wildman–Crippen LogP) is 2.35. The predicted molar refractivity (Wildman–Crippen MR) is 102 cm³/mol. The molecule has 0 bridgehead atoms. The van der Waals surface area contributed by atoms with Crippen LogP contribution in [-0.2, 0) is 14.4 Å². The van der Waals surface area contributed by atoms with Gasteiger partial charge in [-0.05, 0) is 20.3 Å². The Bertz CT molecular complexity index is 391. The Balaban J connectivity index is 0. The van der Waals surface area contributed by atoms with Crippen LogP contribution in [0.5, 0.6) is 0 Å². The number of carbonyl (C=O) groups is 3. The van der Waals surface area contributed by atoms with Crippen LogP contribution in [0.1, 0.15) is 85.0 Å². The molecule has 0 saturated carbocycles. The summed E-state index contributed by atoms with van der Waals surface area (Å²) in [4.78, 5) is 34.2. The summed E-state index contributed by atoms with van der Waals surface area (Å²) >= 11 is 0. The van der Waals surface area contributed by atoms with Crippen molar-refractivity contribution in [1.82, 2.24) is 10.6 Å². The van der Waals surface area contributed by atoms with E-state index < -0.39 is 24.0 Å². The van der Waals surface area contributed by atoms with Gasteiger partial charge in [0.05, 0.1) is 0 Å². The number of carbonyl (C=O) groups excluding carboxylic acids is 2. The molecule has 25 heavy (non-hydrogen) atoms. The van der Waals surface area contributed by atoms with Crippen LogP contribution in [0.4, 0.5) is 0 Å². The molecule has 142 valence electrons. The average molecular weight is 366 g/mol. The molecule has 0 saturated heterocycles. The standard InChI is InChI=1S/C18H34N2O4.Na.H/c1-4-5-6-7-8-9-10-11-12-13-16(21)19-14(2)17(22)20-15(3)18(23)24;;/h14-15H,4-13H2,1-3H3,(H,19,21)(H,20,22)(H,23,24);;/t14-,15-;;/m0../s1. The molecule has 0 aliphatic carbocycles. The summed E-state index contributed by atoms with van der Waals surface area (Å²) in [5.74, 6) is -1.74. The second-order valence-corrected chi connectivity index (χ2v) is 6.44. The summed E-state index contributed by atoms with van der Waals surface area (Å²) in [5.41, 5.74) is 0. The van der Waals surface area contributed by atoms with Crippen molar-refractivity contribution in [3.05, 3.63) is 0 Å². The molecule has 7 heteroatoms. The molecule has 0 rings (SSSR count). The third-order valence-corrected chi connectivity index (χ3v) is 4.01. The average Bonchev–Trinajstić information content (AvgIpc) is 2.52.